The van der Waals surface area contributed by atoms with Crippen molar-refractivity contribution in [2.75, 3.05) is 11.1 Å². The van der Waals surface area contributed by atoms with Crippen LogP contribution in [0.5, 0.6) is 5.75 Å². The maximum atomic E-state index is 12.5. The van der Waals surface area contributed by atoms with Gasteiger partial charge >= 0.3 is 6.61 Å². The van der Waals surface area contributed by atoms with Crippen LogP contribution < -0.4 is 10.1 Å². The van der Waals surface area contributed by atoms with E-state index >= 15 is 0 Å². The number of aromatic nitrogens is 2. The van der Waals surface area contributed by atoms with Gasteiger partial charge in [-0.15, -0.1) is 11.3 Å². The molecule has 3 aromatic rings. The van der Waals surface area contributed by atoms with Gasteiger partial charge in [-0.05, 0) is 37.0 Å². The Morgan fingerprint density at radius 3 is 3.00 bits per heavy atom. The smallest absolute Gasteiger partial charge is 0.387 e. The van der Waals surface area contributed by atoms with Gasteiger partial charge in [-0.2, -0.15) is 8.78 Å². The lowest BCUT2D eigenvalue weighted by molar-refractivity contribution is -0.113. The zero-order chi connectivity index (χ0) is 18.8. The van der Waals surface area contributed by atoms with Crippen LogP contribution in [0.15, 0.2) is 35.6 Å². The van der Waals surface area contributed by atoms with Crippen LogP contribution in [-0.2, 0) is 17.6 Å². The topological polar surface area (TPSA) is 64.1 Å². The molecule has 5 nitrogen and oxygen atoms in total. The van der Waals surface area contributed by atoms with Gasteiger partial charge in [-0.25, -0.2) is 9.97 Å². The molecule has 9 heteroatoms. The summed E-state index contributed by atoms with van der Waals surface area (Å²) in [7, 11) is 0. The fourth-order valence-corrected chi connectivity index (χ4v) is 5.22. The third-order valence-electron chi connectivity index (χ3n) is 4.18. The predicted octanol–water partition coefficient (Wildman–Crippen LogP) is 4.51. The molecule has 0 spiro atoms. The summed E-state index contributed by atoms with van der Waals surface area (Å²) in [5, 5.41) is 4.46. The molecule has 1 N–H and O–H groups in total. The van der Waals surface area contributed by atoms with E-state index in [2.05, 4.69) is 20.0 Å². The maximum absolute atomic E-state index is 12.5. The number of thiophene rings is 1. The van der Waals surface area contributed by atoms with Crippen molar-refractivity contribution in [1.29, 1.82) is 0 Å². The second kappa shape index (κ2) is 7.77. The van der Waals surface area contributed by atoms with Crippen LogP contribution in [0.1, 0.15) is 16.9 Å². The molecule has 0 saturated carbocycles. The molecule has 140 valence electrons. The number of hydrogen-bond acceptors (Lipinski definition) is 6. The first kappa shape index (κ1) is 18.1. The van der Waals surface area contributed by atoms with Gasteiger partial charge in [-0.3, -0.25) is 4.79 Å². The molecule has 1 aliphatic rings. The average molecular weight is 407 g/mol. The summed E-state index contributed by atoms with van der Waals surface area (Å²) < 4.78 is 29.4. The number of aryl methyl sites for hydroxylation is 2. The number of halogens is 2. The monoisotopic (exact) mass is 407 g/mol. The highest BCUT2D eigenvalue weighted by molar-refractivity contribution is 8.00. The molecule has 1 aromatic carbocycles. The summed E-state index contributed by atoms with van der Waals surface area (Å²) in [6.07, 6.45) is 4.74. The minimum absolute atomic E-state index is 0.0640. The standard InChI is InChI=1S/C18H15F2N3O2S2/c19-18(20)25-12-6-2-1-5-11(12)23-14(24)8-26-16-15-10-4-3-7-13(10)27-17(15)22-9-21-16/h1-2,5-6,9,18H,3-4,7-8H2,(H,23,24). The van der Waals surface area contributed by atoms with Crippen LogP contribution in [0, 0.1) is 0 Å². The summed E-state index contributed by atoms with van der Waals surface area (Å²) in [6.45, 7) is -2.95. The van der Waals surface area contributed by atoms with E-state index in [4.69, 9.17) is 0 Å². The van der Waals surface area contributed by atoms with Crippen molar-refractivity contribution in [2.45, 2.75) is 30.9 Å². The molecule has 2 aromatic heterocycles. The van der Waals surface area contributed by atoms with E-state index in [1.165, 1.54) is 40.7 Å². The minimum Gasteiger partial charge on any atom is -0.433 e. The third kappa shape index (κ3) is 3.89. The van der Waals surface area contributed by atoms with Gasteiger partial charge in [0.15, 0.2) is 0 Å². The number of alkyl halides is 2. The van der Waals surface area contributed by atoms with Crippen molar-refractivity contribution in [2.24, 2.45) is 0 Å². The first-order valence-corrected chi connectivity index (χ1v) is 10.1. The van der Waals surface area contributed by atoms with E-state index in [0.29, 0.717) is 0 Å². The average Bonchev–Trinajstić information content (AvgIpc) is 3.22. The molecule has 27 heavy (non-hydrogen) atoms. The van der Waals surface area contributed by atoms with E-state index in [1.807, 2.05) is 0 Å². The van der Waals surface area contributed by atoms with Gasteiger partial charge in [0, 0.05) is 10.3 Å². The van der Waals surface area contributed by atoms with Gasteiger partial charge < -0.3 is 10.1 Å². The number of carbonyl (C=O) groups is 1. The molecule has 0 aliphatic heterocycles. The Morgan fingerprint density at radius 1 is 1.30 bits per heavy atom. The fraction of sp³-hybridized carbons (Fsp3) is 0.278. The van der Waals surface area contributed by atoms with Gasteiger partial charge in [0.1, 0.15) is 21.9 Å². The largest absolute Gasteiger partial charge is 0.433 e. The van der Waals surface area contributed by atoms with E-state index < -0.39 is 6.61 Å². The lowest BCUT2D eigenvalue weighted by atomic mass is 10.2. The van der Waals surface area contributed by atoms with Crippen molar-refractivity contribution >= 4 is 44.9 Å². The Bertz CT molecular complexity index is 994. The first-order valence-electron chi connectivity index (χ1n) is 8.33. The Kier molecular flexibility index (Phi) is 5.22. The van der Waals surface area contributed by atoms with Crippen LogP contribution in [0.2, 0.25) is 0 Å². The highest BCUT2D eigenvalue weighted by atomic mass is 32.2. The zero-order valence-corrected chi connectivity index (χ0v) is 15.7. The van der Waals surface area contributed by atoms with Gasteiger partial charge in [0.25, 0.3) is 0 Å². The molecule has 0 saturated heterocycles. The van der Waals surface area contributed by atoms with E-state index in [-0.39, 0.29) is 23.1 Å². The van der Waals surface area contributed by atoms with E-state index in [1.54, 1.807) is 23.5 Å². The van der Waals surface area contributed by atoms with Gasteiger partial charge in [0.05, 0.1) is 11.4 Å². The number of ether oxygens (including phenoxy) is 1. The number of carbonyl (C=O) groups excluding carboxylic acids is 1. The SMILES string of the molecule is O=C(CSc1ncnc2sc3c(c12)CCC3)Nc1ccccc1OC(F)F. The van der Waals surface area contributed by atoms with Crippen LogP contribution >= 0.6 is 23.1 Å². The summed E-state index contributed by atoms with van der Waals surface area (Å²) in [4.78, 5) is 23.3. The number of rotatable bonds is 6. The molecule has 1 amide bonds. The van der Waals surface area contributed by atoms with Gasteiger partial charge in [-0.1, -0.05) is 23.9 Å². The fourth-order valence-electron chi connectivity index (χ4n) is 3.10. The Hall–Kier alpha value is -2.26. The number of para-hydroxylation sites is 2. The highest BCUT2D eigenvalue weighted by Gasteiger charge is 2.21. The molecule has 0 unspecified atom stereocenters. The Balaban J connectivity index is 1.47. The molecule has 0 bridgehead atoms. The number of fused-ring (bicyclic) bond motifs is 3. The van der Waals surface area contributed by atoms with Crippen molar-refractivity contribution in [3.8, 4) is 5.75 Å². The number of benzene rings is 1. The van der Waals surface area contributed by atoms with Crippen LogP contribution in [0.4, 0.5) is 14.5 Å². The Morgan fingerprint density at radius 2 is 2.15 bits per heavy atom. The second-order valence-electron chi connectivity index (χ2n) is 5.93. The first-order chi connectivity index (χ1) is 13.1. The quantitative estimate of drug-likeness (QED) is 0.481. The summed E-state index contributed by atoms with van der Waals surface area (Å²) in [6, 6.07) is 6.12. The summed E-state index contributed by atoms with van der Waals surface area (Å²) in [5.74, 6) is -0.269. The molecular formula is C18H15F2N3O2S2. The van der Waals surface area contributed by atoms with E-state index in [0.717, 1.165) is 34.5 Å². The summed E-state index contributed by atoms with van der Waals surface area (Å²) >= 11 is 3.01. The third-order valence-corrected chi connectivity index (χ3v) is 6.37. The maximum Gasteiger partial charge on any atom is 0.387 e. The minimum atomic E-state index is -2.95. The van der Waals surface area contributed by atoms with Gasteiger partial charge in [0.2, 0.25) is 5.91 Å². The number of nitrogens with one attached hydrogen (secondary N) is 1. The lowest BCUT2D eigenvalue weighted by Crippen LogP contribution is -2.15. The molecular weight excluding hydrogens is 392 g/mol. The number of nitrogens with zero attached hydrogens (tertiary/aromatic N) is 2. The molecule has 4 rings (SSSR count). The van der Waals surface area contributed by atoms with Crippen molar-refractivity contribution in [1.82, 2.24) is 9.97 Å². The predicted molar refractivity (Wildman–Crippen MR) is 102 cm³/mol. The number of anilines is 1. The number of hydrogen-bond donors (Lipinski definition) is 1. The lowest BCUT2D eigenvalue weighted by Gasteiger charge is -2.11. The van der Waals surface area contributed by atoms with Crippen molar-refractivity contribution in [3.05, 3.63) is 41.0 Å². The summed E-state index contributed by atoms with van der Waals surface area (Å²) in [5.41, 5.74) is 1.52. The zero-order valence-electron chi connectivity index (χ0n) is 14.1. The van der Waals surface area contributed by atoms with Crippen LogP contribution in [-0.4, -0.2) is 28.2 Å². The van der Waals surface area contributed by atoms with Crippen molar-refractivity contribution < 1.29 is 18.3 Å². The van der Waals surface area contributed by atoms with Crippen LogP contribution in [0.3, 0.4) is 0 Å². The van der Waals surface area contributed by atoms with Crippen molar-refractivity contribution in [3.63, 3.8) is 0 Å². The van der Waals surface area contributed by atoms with Crippen LogP contribution in [0.25, 0.3) is 10.2 Å². The molecule has 0 fully saturated rings. The molecule has 1 aliphatic carbocycles. The molecule has 0 radical (unpaired) electrons. The van der Waals surface area contributed by atoms with E-state index in [9.17, 15) is 13.6 Å². The molecule has 2 heterocycles. The number of amides is 1. The normalized spacial score (nSPS) is 13.1. The Labute approximate surface area is 162 Å². The molecule has 0 atom stereocenters. The number of thioether (sulfide) groups is 1. The highest BCUT2D eigenvalue weighted by Crippen LogP contribution is 2.40. The second-order valence-corrected chi connectivity index (χ2v) is 7.98.